The zero-order chi connectivity index (χ0) is 13.8. The summed E-state index contributed by atoms with van der Waals surface area (Å²) in [6, 6.07) is 13.2. The van der Waals surface area contributed by atoms with E-state index in [1.807, 2.05) is 0 Å². The van der Waals surface area contributed by atoms with Gasteiger partial charge in [-0.25, -0.2) is 4.39 Å². The lowest BCUT2D eigenvalue weighted by atomic mass is 10.0. The summed E-state index contributed by atoms with van der Waals surface area (Å²) in [5, 5.41) is 0. The van der Waals surface area contributed by atoms with Crippen molar-refractivity contribution in [2.75, 3.05) is 7.11 Å². The average Bonchev–Trinajstić information content (AvgIpc) is 2.40. The number of hydrogen-bond acceptors (Lipinski definition) is 1. The van der Waals surface area contributed by atoms with E-state index in [0.717, 1.165) is 12.0 Å². The van der Waals surface area contributed by atoms with Gasteiger partial charge >= 0.3 is 0 Å². The van der Waals surface area contributed by atoms with Crippen LogP contribution < -0.4 is 4.74 Å². The fraction of sp³-hybridized carbons (Fsp3) is 0.250. The van der Waals surface area contributed by atoms with E-state index in [4.69, 9.17) is 4.74 Å². The zero-order valence-electron chi connectivity index (χ0n) is 11.0. The summed E-state index contributed by atoms with van der Waals surface area (Å²) >= 11 is 3.56. The summed E-state index contributed by atoms with van der Waals surface area (Å²) in [5.41, 5.74) is 2.96. The van der Waals surface area contributed by atoms with Crippen LogP contribution in [0.3, 0.4) is 0 Å². The second-order valence-corrected chi connectivity index (χ2v) is 5.62. The molecule has 0 heterocycles. The summed E-state index contributed by atoms with van der Waals surface area (Å²) in [6.45, 7) is 2.05. The standard InChI is InChI=1S/C16H16BrFO/c1-11-6-8-12(9-7-11)10-13(17)16-14(18)4-3-5-15(16)19-2/h3-9,13H,10H2,1-2H3. The van der Waals surface area contributed by atoms with Gasteiger partial charge in [0.25, 0.3) is 0 Å². The highest BCUT2D eigenvalue weighted by atomic mass is 79.9. The quantitative estimate of drug-likeness (QED) is 0.733. The van der Waals surface area contributed by atoms with Crippen molar-refractivity contribution in [1.82, 2.24) is 0 Å². The largest absolute Gasteiger partial charge is 0.496 e. The molecule has 2 aromatic carbocycles. The van der Waals surface area contributed by atoms with E-state index < -0.39 is 0 Å². The molecule has 0 fully saturated rings. The summed E-state index contributed by atoms with van der Waals surface area (Å²) in [4.78, 5) is -0.105. The number of halogens is 2. The van der Waals surface area contributed by atoms with Crippen molar-refractivity contribution < 1.29 is 9.13 Å². The van der Waals surface area contributed by atoms with Gasteiger partial charge in [-0.3, -0.25) is 0 Å². The molecular weight excluding hydrogens is 307 g/mol. The number of alkyl halides is 1. The molecule has 0 radical (unpaired) electrons. The van der Waals surface area contributed by atoms with E-state index in [1.54, 1.807) is 19.2 Å². The lowest BCUT2D eigenvalue weighted by molar-refractivity contribution is 0.404. The Balaban J connectivity index is 2.24. The van der Waals surface area contributed by atoms with Crippen molar-refractivity contribution in [3.05, 3.63) is 65.0 Å². The molecule has 2 rings (SSSR count). The minimum atomic E-state index is -0.242. The van der Waals surface area contributed by atoms with E-state index in [2.05, 4.69) is 47.1 Å². The van der Waals surface area contributed by atoms with E-state index in [1.165, 1.54) is 11.6 Å². The third-order valence-electron chi connectivity index (χ3n) is 3.08. The molecule has 0 amide bonds. The third kappa shape index (κ3) is 3.35. The number of ether oxygens (including phenoxy) is 1. The molecule has 19 heavy (non-hydrogen) atoms. The summed E-state index contributed by atoms with van der Waals surface area (Å²) < 4.78 is 19.2. The maximum absolute atomic E-state index is 13.9. The van der Waals surface area contributed by atoms with Gasteiger partial charge in [0.05, 0.1) is 11.9 Å². The van der Waals surface area contributed by atoms with E-state index >= 15 is 0 Å². The number of methoxy groups -OCH3 is 1. The zero-order valence-corrected chi connectivity index (χ0v) is 12.6. The second-order valence-electron chi connectivity index (χ2n) is 4.51. The molecule has 0 bridgehead atoms. The Morgan fingerprint density at radius 2 is 1.84 bits per heavy atom. The van der Waals surface area contributed by atoms with Crippen molar-refractivity contribution in [3.63, 3.8) is 0 Å². The Bertz CT molecular complexity index is 551. The first-order valence-corrected chi connectivity index (χ1v) is 7.05. The topological polar surface area (TPSA) is 9.23 Å². The second kappa shape index (κ2) is 6.20. The van der Waals surface area contributed by atoms with E-state index in [-0.39, 0.29) is 10.6 Å². The van der Waals surface area contributed by atoms with Crippen LogP contribution in [0.5, 0.6) is 5.75 Å². The van der Waals surface area contributed by atoms with Gasteiger partial charge in [-0.15, -0.1) is 0 Å². The first-order valence-electron chi connectivity index (χ1n) is 6.14. The lowest BCUT2D eigenvalue weighted by Crippen LogP contribution is -2.02. The Morgan fingerprint density at radius 3 is 2.47 bits per heavy atom. The molecule has 0 aliphatic heterocycles. The Labute approximate surface area is 121 Å². The molecule has 1 unspecified atom stereocenters. The third-order valence-corrected chi connectivity index (χ3v) is 3.86. The van der Waals surface area contributed by atoms with Gasteiger partial charge in [0.1, 0.15) is 11.6 Å². The van der Waals surface area contributed by atoms with Crippen LogP contribution in [0.15, 0.2) is 42.5 Å². The average molecular weight is 323 g/mol. The normalized spacial score (nSPS) is 12.2. The molecule has 0 saturated heterocycles. The first kappa shape index (κ1) is 14.1. The summed E-state index contributed by atoms with van der Waals surface area (Å²) in [7, 11) is 1.56. The van der Waals surface area contributed by atoms with Gasteiger partial charge in [-0.1, -0.05) is 51.8 Å². The molecule has 0 N–H and O–H groups in total. The predicted molar refractivity (Wildman–Crippen MR) is 79.5 cm³/mol. The van der Waals surface area contributed by atoms with Crippen LogP contribution in [0.25, 0.3) is 0 Å². The molecule has 1 nitrogen and oxygen atoms in total. The number of benzene rings is 2. The Morgan fingerprint density at radius 1 is 1.16 bits per heavy atom. The van der Waals surface area contributed by atoms with Crippen LogP contribution in [0.4, 0.5) is 4.39 Å². The van der Waals surface area contributed by atoms with Crippen LogP contribution in [0.2, 0.25) is 0 Å². The van der Waals surface area contributed by atoms with Crippen molar-refractivity contribution in [1.29, 1.82) is 0 Å². The molecule has 0 aliphatic carbocycles. The van der Waals surface area contributed by atoms with Crippen molar-refractivity contribution >= 4 is 15.9 Å². The molecule has 2 aromatic rings. The van der Waals surface area contributed by atoms with Crippen molar-refractivity contribution in [2.24, 2.45) is 0 Å². The van der Waals surface area contributed by atoms with Gasteiger partial charge in [-0.05, 0) is 31.0 Å². The smallest absolute Gasteiger partial charge is 0.131 e. The van der Waals surface area contributed by atoms with Crippen LogP contribution >= 0.6 is 15.9 Å². The molecule has 1 atom stereocenters. The fourth-order valence-corrected chi connectivity index (χ4v) is 2.85. The highest BCUT2D eigenvalue weighted by molar-refractivity contribution is 9.09. The maximum atomic E-state index is 13.9. The summed E-state index contributed by atoms with van der Waals surface area (Å²) in [5.74, 6) is 0.335. The molecule has 0 aliphatic rings. The molecule has 0 aromatic heterocycles. The number of rotatable bonds is 4. The van der Waals surface area contributed by atoms with Crippen LogP contribution in [-0.4, -0.2) is 7.11 Å². The lowest BCUT2D eigenvalue weighted by Gasteiger charge is -2.15. The Kier molecular flexibility index (Phi) is 4.59. The molecule has 0 spiro atoms. The SMILES string of the molecule is COc1cccc(F)c1C(Br)Cc1ccc(C)cc1. The van der Waals surface area contributed by atoms with Gasteiger partial charge < -0.3 is 4.74 Å². The monoisotopic (exact) mass is 322 g/mol. The number of hydrogen-bond donors (Lipinski definition) is 0. The van der Waals surface area contributed by atoms with Crippen molar-refractivity contribution in [2.45, 2.75) is 18.2 Å². The summed E-state index contributed by atoms with van der Waals surface area (Å²) in [6.07, 6.45) is 0.720. The minimum absolute atomic E-state index is 0.105. The molecule has 0 saturated carbocycles. The highest BCUT2D eigenvalue weighted by Gasteiger charge is 2.18. The van der Waals surface area contributed by atoms with E-state index in [0.29, 0.717) is 11.3 Å². The predicted octanol–water partition coefficient (Wildman–Crippen LogP) is 4.82. The Hall–Kier alpha value is -1.35. The first-order chi connectivity index (χ1) is 9.11. The fourth-order valence-electron chi connectivity index (χ4n) is 2.03. The van der Waals surface area contributed by atoms with Gasteiger partial charge in [0, 0.05) is 5.56 Å². The maximum Gasteiger partial charge on any atom is 0.131 e. The van der Waals surface area contributed by atoms with Gasteiger partial charge in [0.2, 0.25) is 0 Å². The van der Waals surface area contributed by atoms with Crippen molar-refractivity contribution in [3.8, 4) is 5.75 Å². The molecular formula is C16H16BrFO. The van der Waals surface area contributed by atoms with Crippen LogP contribution in [-0.2, 0) is 6.42 Å². The minimum Gasteiger partial charge on any atom is -0.496 e. The van der Waals surface area contributed by atoms with Crippen LogP contribution in [0, 0.1) is 12.7 Å². The molecule has 100 valence electrons. The number of aryl methyl sites for hydroxylation is 1. The highest BCUT2D eigenvalue weighted by Crippen LogP contribution is 2.35. The van der Waals surface area contributed by atoms with Gasteiger partial charge in [-0.2, -0.15) is 0 Å². The van der Waals surface area contributed by atoms with E-state index in [9.17, 15) is 4.39 Å². The molecule has 3 heteroatoms. The van der Waals surface area contributed by atoms with Crippen LogP contribution in [0.1, 0.15) is 21.5 Å². The van der Waals surface area contributed by atoms with Gasteiger partial charge in [0.15, 0.2) is 0 Å².